The number of nitrogens with zero attached hydrogens (tertiary/aromatic N) is 3. The fraction of sp³-hybridized carbons (Fsp3) is 0.0667. The van der Waals surface area contributed by atoms with E-state index < -0.39 is 31.5 Å². The van der Waals surface area contributed by atoms with Gasteiger partial charge in [-0.15, -0.1) is 0 Å². The summed E-state index contributed by atoms with van der Waals surface area (Å²) >= 11 is 0. The fourth-order valence-electron chi connectivity index (χ4n) is 2.19. The van der Waals surface area contributed by atoms with Crippen LogP contribution in [0.2, 0.25) is 0 Å². The predicted molar refractivity (Wildman–Crippen MR) is 94.0 cm³/mol. The maximum atomic E-state index is 11.4. The van der Waals surface area contributed by atoms with E-state index in [1.807, 2.05) is 0 Å². The number of hydrogen-bond donors (Lipinski definition) is 1. The van der Waals surface area contributed by atoms with Crippen LogP contribution in [0.15, 0.2) is 46.4 Å². The van der Waals surface area contributed by atoms with Crippen LogP contribution >= 0.6 is 0 Å². The van der Waals surface area contributed by atoms with Gasteiger partial charge in [0.15, 0.2) is 5.75 Å². The number of nitrogens with one attached hydrogen (secondary N) is 1. The van der Waals surface area contributed by atoms with E-state index in [4.69, 9.17) is 4.74 Å². The molecule has 0 saturated heterocycles. The number of ether oxygens (including phenoxy) is 1. The predicted octanol–water partition coefficient (Wildman–Crippen LogP) is -5.67. The summed E-state index contributed by atoms with van der Waals surface area (Å²) in [6, 6.07) is 6.09. The molecule has 1 N–H and O–H groups in total. The molecule has 0 bridgehead atoms. The molecule has 0 aromatic heterocycles. The van der Waals surface area contributed by atoms with Gasteiger partial charge in [0.1, 0.15) is 10.1 Å². The summed E-state index contributed by atoms with van der Waals surface area (Å²) < 4.78 is 38.4. The number of hydrazone groups is 1. The minimum absolute atomic E-state index is 0. The number of nitro benzene ring substituents is 1. The van der Waals surface area contributed by atoms with E-state index in [1.54, 1.807) is 0 Å². The van der Waals surface area contributed by atoms with Crippen molar-refractivity contribution in [2.75, 3.05) is 17.7 Å². The Labute approximate surface area is 215 Å². The second-order valence-electron chi connectivity index (χ2n) is 5.13. The zero-order valence-electron chi connectivity index (χ0n) is 16.2. The minimum atomic E-state index is -4.90. The Hall–Kier alpha value is -1.71. The van der Waals surface area contributed by atoms with Gasteiger partial charge in [0.05, 0.1) is 40.3 Å². The van der Waals surface area contributed by atoms with Crippen LogP contribution in [-0.2, 0) is 10.1 Å². The molecule has 0 spiro atoms. The van der Waals surface area contributed by atoms with Gasteiger partial charge in [0, 0.05) is 18.3 Å². The first-order valence-corrected chi connectivity index (χ1v) is 8.66. The summed E-state index contributed by atoms with van der Waals surface area (Å²) in [4.78, 5) is 20.8. The van der Waals surface area contributed by atoms with Gasteiger partial charge in [-0.2, -0.15) is 10.2 Å². The van der Waals surface area contributed by atoms with Crippen molar-refractivity contribution in [1.82, 2.24) is 0 Å². The maximum absolute atomic E-state index is 11.4. The van der Waals surface area contributed by atoms with Crippen molar-refractivity contribution in [3.05, 3.63) is 52.1 Å². The number of carbonyl (C=O) groups is 1. The van der Waals surface area contributed by atoms with Gasteiger partial charge in [0.2, 0.25) is 0 Å². The topological polar surface area (TPSA) is 177 Å². The first-order chi connectivity index (χ1) is 13.1. The number of carboxylic acid groups (broad SMARTS) is 1. The van der Waals surface area contributed by atoms with Crippen LogP contribution in [0.3, 0.4) is 0 Å². The summed E-state index contributed by atoms with van der Waals surface area (Å²) in [5.41, 5.74) is 1.67. The van der Waals surface area contributed by atoms with Crippen molar-refractivity contribution in [2.45, 2.75) is 4.90 Å². The van der Waals surface area contributed by atoms with Gasteiger partial charge >= 0.3 is 59.1 Å². The summed E-state index contributed by atoms with van der Waals surface area (Å²) in [5.74, 6) is -1.73. The van der Waals surface area contributed by atoms with Crippen molar-refractivity contribution in [1.29, 1.82) is 0 Å². The zero-order valence-corrected chi connectivity index (χ0v) is 21.0. The number of aromatic carboxylic acids is 1. The average molecular weight is 454 g/mol. The number of hydrogen-bond acceptors (Lipinski definition) is 11. The van der Waals surface area contributed by atoms with Crippen molar-refractivity contribution in [2.24, 2.45) is 5.10 Å². The number of methoxy groups -OCH3 is 1. The molecule has 0 heterocycles. The summed E-state index contributed by atoms with van der Waals surface area (Å²) in [6.45, 7) is 3.28. The largest absolute Gasteiger partial charge is 1.00 e. The van der Waals surface area contributed by atoms with E-state index in [2.05, 4.69) is 17.2 Å². The Kier molecular flexibility index (Phi) is 11.0. The molecule has 2 rings (SSSR count). The number of non-ortho nitro benzene ring substituents is 1. The van der Waals surface area contributed by atoms with E-state index in [0.29, 0.717) is 6.07 Å². The number of carboxylic acids is 1. The van der Waals surface area contributed by atoms with Crippen LogP contribution < -0.4 is 79.5 Å². The molecular formula is C15H12N4Na2O8S. The molecule has 2 aromatic rings. The Morgan fingerprint density at radius 2 is 1.87 bits per heavy atom. The molecule has 0 amide bonds. The molecule has 12 nitrogen and oxygen atoms in total. The Morgan fingerprint density at radius 1 is 1.23 bits per heavy atom. The number of rotatable bonds is 8. The first-order valence-electron chi connectivity index (χ1n) is 7.25. The zero-order chi connectivity index (χ0) is 21.1. The van der Waals surface area contributed by atoms with Crippen molar-refractivity contribution in [3.8, 4) is 5.75 Å². The van der Waals surface area contributed by atoms with Crippen molar-refractivity contribution >= 4 is 39.9 Å². The molecular weight excluding hydrogens is 442 g/mol. The first kappa shape index (κ1) is 28.3. The molecule has 0 radical (unpaired) electrons. The van der Waals surface area contributed by atoms with Crippen LogP contribution in [0.25, 0.3) is 0 Å². The second kappa shape index (κ2) is 11.6. The molecule has 0 unspecified atom stereocenters. The van der Waals surface area contributed by atoms with E-state index >= 15 is 0 Å². The Morgan fingerprint density at radius 3 is 2.33 bits per heavy atom. The van der Waals surface area contributed by atoms with Gasteiger partial charge in [-0.1, -0.05) is 0 Å². The molecule has 30 heavy (non-hydrogen) atoms. The summed E-state index contributed by atoms with van der Waals surface area (Å²) in [5, 5.41) is 26.7. The van der Waals surface area contributed by atoms with Crippen LogP contribution in [-0.4, -0.2) is 37.7 Å². The molecule has 0 fully saturated rings. The third kappa shape index (κ3) is 6.65. The van der Waals surface area contributed by atoms with Crippen LogP contribution in [0.1, 0.15) is 10.4 Å². The molecule has 0 aliphatic heterocycles. The molecule has 148 valence electrons. The van der Waals surface area contributed by atoms with Crippen molar-refractivity contribution in [3.63, 3.8) is 0 Å². The smallest absolute Gasteiger partial charge is 0.744 e. The van der Waals surface area contributed by atoms with Crippen LogP contribution in [0, 0.1) is 10.1 Å². The SMILES string of the molecule is C=NN(Nc1ccc([N+](=O)[O-])cc1OC)c1ccc(S(=O)(=O)[O-])cc1C(=O)[O-].[Na+].[Na+]. The fourth-order valence-corrected chi connectivity index (χ4v) is 2.69. The molecule has 0 atom stereocenters. The van der Waals surface area contributed by atoms with Crippen LogP contribution in [0.4, 0.5) is 17.1 Å². The Bertz CT molecular complexity index is 1060. The van der Waals surface area contributed by atoms with Crippen LogP contribution in [0.5, 0.6) is 5.75 Å². The molecule has 0 saturated carbocycles. The quantitative estimate of drug-likeness (QED) is 0.133. The van der Waals surface area contributed by atoms with Gasteiger partial charge < -0.3 is 19.2 Å². The third-order valence-corrected chi connectivity index (χ3v) is 4.30. The number of nitro groups is 1. The minimum Gasteiger partial charge on any atom is -0.744 e. The molecule has 0 aliphatic rings. The number of hydrazine groups is 1. The normalized spacial score (nSPS) is 10.1. The second-order valence-corrected chi connectivity index (χ2v) is 6.51. The van der Waals surface area contributed by atoms with Gasteiger partial charge in [-0.3, -0.25) is 15.5 Å². The Balaban J connectivity index is 0.00000420. The summed E-state index contributed by atoms with van der Waals surface area (Å²) in [6.07, 6.45) is 0. The van der Waals surface area contributed by atoms with E-state index in [1.165, 1.54) is 19.2 Å². The van der Waals surface area contributed by atoms with E-state index in [-0.39, 0.29) is 81.9 Å². The summed E-state index contributed by atoms with van der Waals surface area (Å²) in [7, 11) is -3.64. The molecule has 2 aromatic carbocycles. The van der Waals surface area contributed by atoms with E-state index in [9.17, 15) is 33.0 Å². The van der Waals surface area contributed by atoms with Gasteiger partial charge in [-0.25, -0.2) is 8.42 Å². The number of carbonyl (C=O) groups excluding carboxylic acids is 1. The molecule has 0 aliphatic carbocycles. The van der Waals surface area contributed by atoms with Gasteiger partial charge in [-0.05, 0) is 24.3 Å². The standard InChI is InChI=1S/C15H14N4O8S.2Na/c1-16-18(17-12-5-3-9(19(22)23)7-14(12)27-2)13-6-4-10(28(24,25)26)8-11(13)15(20)21;;/h3-8,17H,1H2,2H3,(H,20,21)(H,24,25,26);;/q;2*+1/p-2. The van der Waals surface area contributed by atoms with E-state index in [0.717, 1.165) is 23.3 Å². The molecule has 15 heteroatoms. The van der Waals surface area contributed by atoms with Gasteiger partial charge in [0.25, 0.3) is 5.69 Å². The van der Waals surface area contributed by atoms with Crippen molar-refractivity contribution < 1.29 is 91.6 Å². The third-order valence-electron chi connectivity index (χ3n) is 3.47. The number of benzene rings is 2. The average Bonchev–Trinajstić information content (AvgIpc) is 2.64. The maximum Gasteiger partial charge on any atom is 1.00 e. The monoisotopic (exact) mass is 454 g/mol. The number of anilines is 2.